The maximum Gasteiger partial charge on any atom is 0.274 e. The Morgan fingerprint density at radius 3 is 2.54 bits per heavy atom. The molecule has 0 atom stereocenters. The summed E-state index contributed by atoms with van der Waals surface area (Å²) in [6.07, 6.45) is 4.33. The fourth-order valence-electron chi connectivity index (χ4n) is 3.07. The van der Waals surface area contributed by atoms with Crippen molar-refractivity contribution >= 4 is 5.91 Å². The Morgan fingerprint density at radius 1 is 1.12 bits per heavy atom. The first-order valence-electron chi connectivity index (χ1n) is 8.71. The molecule has 0 saturated carbocycles. The minimum absolute atomic E-state index is 0.0642. The SMILES string of the molecule is Cc1ccc(-c2cc(C(=O)N(C)CCc3ccncc3)nn2C)c(C)c1. The minimum Gasteiger partial charge on any atom is -0.340 e. The Labute approximate surface area is 154 Å². The van der Waals surface area contributed by atoms with Crippen LogP contribution in [0, 0.1) is 13.8 Å². The van der Waals surface area contributed by atoms with Gasteiger partial charge in [-0.25, -0.2) is 0 Å². The van der Waals surface area contributed by atoms with Crippen LogP contribution in [0.1, 0.15) is 27.2 Å². The van der Waals surface area contributed by atoms with Crippen LogP contribution in [-0.4, -0.2) is 39.2 Å². The maximum absolute atomic E-state index is 12.7. The van der Waals surface area contributed by atoms with Gasteiger partial charge in [0.15, 0.2) is 5.69 Å². The molecule has 0 N–H and O–H groups in total. The number of nitrogens with zero attached hydrogens (tertiary/aromatic N) is 4. The summed E-state index contributed by atoms with van der Waals surface area (Å²) in [5.41, 5.74) is 6.09. The molecule has 0 saturated heterocycles. The monoisotopic (exact) mass is 348 g/mol. The van der Waals surface area contributed by atoms with Gasteiger partial charge in [0, 0.05) is 38.6 Å². The average molecular weight is 348 g/mol. The predicted octanol–water partition coefficient (Wildman–Crippen LogP) is 3.41. The second-order valence-corrected chi connectivity index (χ2v) is 6.69. The van der Waals surface area contributed by atoms with Crippen LogP contribution in [0.25, 0.3) is 11.3 Å². The molecule has 0 aliphatic rings. The van der Waals surface area contributed by atoms with Crippen molar-refractivity contribution in [3.63, 3.8) is 0 Å². The van der Waals surface area contributed by atoms with E-state index < -0.39 is 0 Å². The van der Waals surface area contributed by atoms with E-state index in [9.17, 15) is 4.79 Å². The first-order chi connectivity index (χ1) is 12.5. The molecule has 0 aliphatic carbocycles. The topological polar surface area (TPSA) is 51.0 Å². The number of carbonyl (C=O) groups excluding carboxylic acids is 1. The van der Waals surface area contributed by atoms with Crippen molar-refractivity contribution in [2.24, 2.45) is 7.05 Å². The first-order valence-corrected chi connectivity index (χ1v) is 8.71. The highest BCUT2D eigenvalue weighted by atomic mass is 16.2. The van der Waals surface area contributed by atoms with E-state index in [2.05, 4.69) is 42.1 Å². The van der Waals surface area contributed by atoms with E-state index in [0.717, 1.165) is 23.2 Å². The molecule has 0 bridgehead atoms. The number of hydrogen-bond donors (Lipinski definition) is 0. The van der Waals surface area contributed by atoms with Gasteiger partial charge in [0.05, 0.1) is 5.69 Å². The van der Waals surface area contributed by atoms with Gasteiger partial charge in [-0.15, -0.1) is 0 Å². The van der Waals surface area contributed by atoms with E-state index in [4.69, 9.17) is 0 Å². The van der Waals surface area contributed by atoms with Crippen LogP contribution >= 0.6 is 0 Å². The van der Waals surface area contributed by atoms with Gasteiger partial charge in [0.25, 0.3) is 5.91 Å². The fourth-order valence-corrected chi connectivity index (χ4v) is 3.07. The molecule has 0 radical (unpaired) electrons. The lowest BCUT2D eigenvalue weighted by Crippen LogP contribution is -2.29. The first kappa shape index (κ1) is 17.9. The number of aryl methyl sites for hydroxylation is 3. The quantitative estimate of drug-likeness (QED) is 0.710. The van der Waals surface area contributed by atoms with Crippen molar-refractivity contribution in [1.29, 1.82) is 0 Å². The Morgan fingerprint density at radius 2 is 1.85 bits per heavy atom. The fraction of sp³-hybridized carbons (Fsp3) is 0.286. The molecule has 3 aromatic rings. The summed E-state index contributed by atoms with van der Waals surface area (Å²) in [4.78, 5) is 18.5. The number of pyridine rings is 1. The third-order valence-corrected chi connectivity index (χ3v) is 4.59. The van der Waals surface area contributed by atoms with Gasteiger partial charge in [-0.2, -0.15) is 5.10 Å². The molecule has 0 fully saturated rings. The number of carbonyl (C=O) groups is 1. The molecule has 2 aromatic heterocycles. The molecule has 0 spiro atoms. The summed E-state index contributed by atoms with van der Waals surface area (Å²) >= 11 is 0. The number of amides is 1. The lowest BCUT2D eigenvalue weighted by atomic mass is 10.0. The Kier molecular flexibility index (Phi) is 5.16. The Hall–Kier alpha value is -2.95. The van der Waals surface area contributed by atoms with Gasteiger partial charge in [0.2, 0.25) is 0 Å². The smallest absolute Gasteiger partial charge is 0.274 e. The van der Waals surface area contributed by atoms with Crippen molar-refractivity contribution in [2.75, 3.05) is 13.6 Å². The summed E-state index contributed by atoms with van der Waals surface area (Å²) < 4.78 is 1.78. The predicted molar refractivity (Wildman–Crippen MR) is 103 cm³/mol. The number of hydrogen-bond acceptors (Lipinski definition) is 3. The molecule has 0 unspecified atom stereocenters. The van der Waals surface area contributed by atoms with Crippen LogP contribution in [0.3, 0.4) is 0 Å². The highest BCUT2D eigenvalue weighted by Crippen LogP contribution is 2.25. The van der Waals surface area contributed by atoms with E-state index in [1.165, 1.54) is 11.1 Å². The van der Waals surface area contributed by atoms with Gasteiger partial charge in [-0.05, 0) is 49.6 Å². The summed E-state index contributed by atoms with van der Waals surface area (Å²) in [5.74, 6) is -0.0642. The van der Waals surface area contributed by atoms with Gasteiger partial charge in [0.1, 0.15) is 0 Å². The van der Waals surface area contributed by atoms with E-state index in [1.807, 2.05) is 32.3 Å². The molecule has 26 heavy (non-hydrogen) atoms. The zero-order chi connectivity index (χ0) is 18.7. The van der Waals surface area contributed by atoms with Gasteiger partial charge < -0.3 is 4.90 Å². The maximum atomic E-state index is 12.7. The third kappa shape index (κ3) is 3.82. The van der Waals surface area contributed by atoms with E-state index in [1.54, 1.807) is 22.0 Å². The highest BCUT2D eigenvalue weighted by molar-refractivity contribution is 5.93. The van der Waals surface area contributed by atoms with E-state index in [0.29, 0.717) is 12.2 Å². The van der Waals surface area contributed by atoms with Crippen LogP contribution in [0.2, 0.25) is 0 Å². The number of likely N-dealkylation sites (N-methyl/N-ethyl adjacent to an activating group) is 1. The Bertz CT molecular complexity index is 915. The molecule has 134 valence electrons. The van der Waals surface area contributed by atoms with Gasteiger partial charge in [-0.1, -0.05) is 23.8 Å². The lowest BCUT2D eigenvalue weighted by molar-refractivity contribution is 0.0790. The molecule has 5 nitrogen and oxygen atoms in total. The van der Waals surface area contributed by atoms with Crippen LogP contribution in [0.4, 0.5) is 0 Å². The average Bonchev–Trinajstić information content (AvgIpc) is 3.01. The van der Waals surface area contributed by atoms with Crippen LogP contribution in [0.15, 0.2) is 48.8 Å². The molecule has 1 amide bonds. The van der Waals surface area contributed by atoms with Crippen molar-refractivity contribution in [3.05, 3.63) is 71.2 Å². The number of benzene rings is 1. The second kappa shape index (κ2) is 7.52. The van der Waals surface area contributed by atoms with Gasteiger partial charge in [-0.3, -0.25) is 14.5 Å². The highest BCUT2D eigenvalue weighted by Gasteiger charge is 2.18. The van der Waals surface area contributed by atoms with Crippen LogP contribution in [-0.2, 0) is 13.5 Å². The number of rotatable bonds is 5. The van der Waals surface area contributed by atoms with Crippen molar-refractivity contribution in [1.82, 2.24) is 19.7 Å². The van der Waals surface area contributed by atoms with Crippen molar-refractivity contribution in [3.8, 4) is 11.3 Å². The summed E-state index contributed by atoms with van der Waals surface area (Å²) in [6.45, 7) is 4.79. The normalized spacial score (nSPS) is 10.8. The molecular formula is C21H24N4O. The Balaban J connectivity index is 1.76. The van der Waals surface area contributed by atoms with Crippen molar-refractivity contribution in [2.45, 2.75) is 20.3 Å². The largest absolute Gasteiger partial charge is 0.340 e. The lowest BCUT2D eigenvalue weighted by Gasteiger charge is -2.15. The third-order valence-electron chi connectivity index (χ3n) is 4.59. The molecular weight excluding hydrogens is 324 g/mol. The standard InChI is InChI=1S/C21H24N4O/c1-15-5-6-18(16(2)13-15)20-14-19(23-25(20)4)21(26)24(3)12-9-17-7-10-22-11-8-17/h5-8,10-11,13-14H,9,12H2,1-4H3. The van der Waals surface area contributed by atoms with Crippen LogP contribution in [0.5, 0.6) is 0 Å². The molecule has 5 heteroatoms. The molecule has 1 aromatic carbocycles. The zero-order valence-corrected chi connectivity index (χ0v) is 15.7. The van der Waals surface area contributed by atoms with Crippen LogP contribution < -0.4 is 0 Å². The molecule has 0 aliphatic heterocycles. The zero-order valence-electron chi connectivity index (χ0n) is 15.7. The van der Waals surface area contributed by atoms with Gasteiger partial charge >= 0.3 is 0 Å². The summed E-state index contributed by atoms with van der Waals surface area (Å²) in [5, 5.41) is 4.44. The molecule has 2 heterocycles. The summed E-state index contributed by atoms with van der Waals surface area (Å²) in [6, 6.07) is 12.1. The number of aromatic nitrogens is 3. The molecule has 3 rings (SSSR count). The van der Waals surface area contributed by atoms with Crippen molar-refractivity contribution < 1.29 is 4.79 Å². The van der Waals surface area contributed by atoms with E-state index in [-0.39, 0.29) is 5.91 Å². The summed E-state index contributed by atoms with van der Waals surface area (Å²) in [7, 11) is 3.69. The minimum atomic E-state index is -0.0642. The second-order valence-electron chi connectivity index (χ2n) is 6.69. The van der Waals surface area contributed by atoms with E-state index >= 15 is 0 Å².